The highest BCUT2D eigenvalue weighted by atomic mass is 79.9. The molecule has 33 heavy (non-hydrogen) atoms. The zero-order valence-electron chi connectivity index (χ0n) is 17.5. The van der Waals surface area contributed by atoms with Gasteiger partial charge in [-0.05, 0) is 67.1 Å². The molecule has 3 aromatic carbocycles. The highest BCUT2D eigenvalue weighted by Crippen LogP contribution is 2.24. The highest BCUT2D eigenvalue weighted by Gasteiger charge is 2.12. The van der Waals surface area contributed by atoms with Gasteiger partial charge < -0.3 is 9.47 Å². The fourth-order valence-electron chi connectivity index (χ4n) is 2.64. The summed E-state index contributed by atoms with van der Waals surface area (Å²) >= 11 is 15.2. The molecule has 0 aliphatic carbocycles. The lowest BCUT2D eigenvalue weighted by atomic mass is 10.2. The van der Waals surface area contributed by atoms with Crippen LogP contribution in [0.1, 0.15) is 39.6 Å². The predicted octanol–water partition coefficient (Wildman–Crippen LogP) is 6.53. The molecule has 0 atom stereocenters. The number of hydrogen-bond acceptors (Lipinski definition) is 5. The van der Waals surface area contributed by atoms with E-state index in [0.717, 1.165) is 10.9 Å². The van der Waals surface area contributed by atoms with Crippen LogP contribution in [0.25, 0.3) is 0 Å². The summed E-state index contributed by atoms with van der Waals surface area (Å²) in [5.74, 6) is -0.0396. The van der Waals surface area contributed by atoms with Gasteiger partial charge in [-0.15, -0.1) is 0 Å². The maximum atomic E-state index is 12.6. The van der Waals surface area contributed by atoms with Gasteiger partial charge in [-0.3, -0.25) is 4.79 Å². The topological polar surface area (TPSA) is 77.0 Å². The molecule has 0 saturated carbocycles. The average Bonchev–Trinajstić information content (AvgIpc) is 2.81. The van der Waals surface area contributed by atoms with Crippen LogP contribution >= 0.6 is 39.1 Å². The summed E-state index contributed by atoms with van der Waals surface area (Å²) in [7, 11) is 0. The minimum absolute atomic E-state index is 0.263. The number of halogens is 3. The first-order valence-electron chi connectivity index (χ1n) is 9.90. The van der Waals surface area contributed by atoms with Crippen molar-refractivity contribution in [2.24, 2.45) is 5.10 Å². The summed E-state index contributed by atoms with van der Waals surface area (Å²) in [5, 5.41) is 4.57. The quantitative estimate of drug-likeness (QED) is 0.150. The molecule has 6 nitrogen and oxygen atoms in total. The highest BCUT2D eigenvalue weighted by molar-refractivity contribution is 9.10. The maximum Gasteiger partial charge on any atom is 0.343 e. The number of carbonyl (C=O) groups is 2. The summed E-state index contributed by atoms with van der Waals surface area (Å²) in [5.41, 5.74) is 3.56. The standard InChI is InChI=1S/C24H19BrCl2N2O4/c1-2-11-32-19-7-3-15(4-8-19)24(31)33-22-10-6-18(25)12-17(22)14-28-29-23(30)16-5-9-20(26)21(27)13-16/h3-10,12-14H,2,11H2,1H3,(H,29,30)/b28-14+. The number of benzene rings is 3. The maximum absolute atomic E-state index is 12.6. The predicted molar refractivity (Wildman–Crippen MR) is 133 cm³/mol. The third-order valence-corrected chi connectivity index (χ3v) is 5.52. The number of hydrogen-bond donors (Lipinski definition) is 1. The number of nitrogens with one attached hydrogen (secondary N) is 1. The van der Waals surface area contributed by atoms with Gasteiger partial charge in [0.15, 0.2) is 0 Å². The summed E-state index contributed by atoms with van der Waals surface area (Å²) in [6.45, 7) is 2.62. The molecule has 0 spiro atoms. The zero-order valence-corrected chi connectivity index (χ0v) is 20.6. The summed E-state index contributed by atoms with van der Waals surface area (Å²) in [4.78, 5) is 24.9. The van der Waals surface area contributed by atoms with Crippen LogP contribution < -0.4 is 14.9 Å². The molecule has 0 radical (unpaired) electrons. The number of ether oxygens (including phenoxy) is 2. The van der Waals surface area contributed by atoms with Gasteiger partial charge in [0.25, 0.3) is 5.91 Å². The Morgan fingerprint density at radius 3 is 2.42 bits per heavy atom. The fourth-order valence-corrected chi connectivity index (χ4v) is 3.32. The average molecular weight is 550 g/mol. The minimum atomic E-state index is -0.533. The van der Waals surface area contributed by atoms with Crippen molar-refractivity contribution in [2.75, 3.05) is 6.61 Å². The Hall–Kier alpha value is -2.87. The minimum Gasteiger partial charge on any atom is -0.494 e. The van der Waals surface area contributed by atoms with E-state index >= 15 is 0 Å². The van der Waals surface area contributed by atoms with Crippen molar-refractivity contribution < 1.29 is 19.1 Å². The van der Waals surface area contributed by atoms with Crippen LogP contribution in [0, 0.1) is 0 Å². The molecule has 0 fully saturated rings. The van der Waals surface area contributed by atoms with Crippen molar-refractivity contribution in [1.82, 2.24) is 5.43 Å². The number of esters is 1. The van der Waals surface area contributed by atoms with Gasteiger partial charge in [0.1, 0.15) is 11.5 Å². The fraction of sp³-hybridized carbons (Fsp3) is 0.125. The first kappa shape index (κ1) is 24.8. The van der Waals surface area contributed by atoms with E-state index in [4.69, 9.17) is 32.7 Å². The largest absolute Gasteiger partial charge is 0.494 e. The van der Waals surface area contributed by atoms with Crippen molar-refractivity contribution in [3.8, 4) is 11.5 Å². The van der Waals surface area contributed by atoms with Crippen molar-refractivity contribution >= 4 is 57.2 Å². The Kier molecular flexibility index (Phi) is 8.88. The van der Waals surface area contributed by atoms with Gasteiger partial charge in [-0.1, -0.05) is 46.1 Å². The van der Waals surface area contributed by atoms with Gasteiger partial charge in [0.2, 0.25) is 0 Å². The lowest BCUT2D eigenvalue weighted by molar-refractivity contribution is 0.0734. The van der Waals surface area contributed by atoms with Crippen LogP contribution in [0.5, 0.6) is 11.5 Å². The third-order valence-electron chi connectivity index (χ3n) is 4.29. The molecule has 0 heterocycles. The van der Waals surface area contributed by atoms with Gasteiger partial charge in [0.05, 0.1) is 28.4 Å². The normalized spacial score (nSPS) is 10.8. The smallest absolute Gasteiger partial charge is 0.343 e. The lowest BCUT2D eigenvalue weighted by Crippen LogP contribution is -2.17. The molecule has 3 aromatic rings. The second kappa shape index (κ2) is 11.8. The van der Waals surface area contributed by atoms with E-state index < -0.39 is 11.9 Å². The van der Waals surface area contributed by atoms with Gasteiger partial charge >= 0.3 is 5.97 Å². The Morgan fingerprint density at radius 1 is 1.00 bits per heavy atom. The van der Waals surface area contributed by atoms with Crippen molar-refractivity contribution in [1.29, 1.82) is 0 Å². The van der Waals surface area contributed by atoms with E-state index in [-0.39, 0.29) is 10.8 Å². The SMILES string of the molecule is CCCOc1ccc(C(=O)Oc2ccc(Br)cc2/C=N/NC(=O)c2ccc(Cl)c(Cl)c2)cc1. The number of carbonyl (C=O) groups excluding carboxylic acids is 2. The molecule has 0 unspecified atom stereocenters. The first-order chi connectivity index (χ1) is 15.9. The van der Waals surface area contributed by atoms with E-state index in [2.05, 4.69) is 26.5 Å². The number of rotatable bonds is 8. The van der Waals surface area contributed by atoms with E-state index in [9.17, 15) is 9.59 Å². The molecule has 0 aromatic heterocycles. The number of hydrazone groups is 1. The number of nitrogens with zero attached hydrogens (tertiary/aromatic N) is 1. The third kappa shape index (κ3) is 7.05. The molecule has 0 saturated heterocycles. The van der Waals surface area contributed by atoms with Crippen LogP contribution in [-0.2, 0) is 0 Å². The van der Waals surface area contributed by atoms with Crippen LogP contribution in [0.15, 0.2) is 70.2 Å². The first-order valence-corrected chi connectivity index (χ1v) is 11.5. The molecule has 1 N–H and O–H groups in total. The van der Waals surface area contributed by atoms with Gasteiger partial charge in [-0.25, -0.2) is 10.2 Å². The van der Waals surface area contributed by atoms with Crippen LogP contribution in [-0.4, -0.2) is 24.7 Å². The van der Waals surface area contributed by atoms with E-state index in [1.165, 1.54) is 24.4 Å². The van der Waals surface area contributed by atoms with Crippen molar-refractivity contribution in [2.45, 2.75) is 13.3 Å². The van der Waals surface area contributed by atoms with E-state index in [1.807, 2.05) is 6.92 Å². The molecule has 170 valence electrons. The van der Waals surface area contributed by atoms with Gasteiger partial charge in [0, 0.05) is 15.6 Å². The Morgan fingerprint density at radius 2 is 1.73 bits per heavy atom. The lowest BCUT2D eigenvalue weighted by Gasteiger charge is -2.09. The van der Waals surface area contributed by atoms with Crippen LogP contribution in [0.4, 0.5) is 0 Å². The summed E-state index contributed by atoms with van der Waals surface area (Å²) < 4.78 is 11.8. The van der Waals surface area contributed by atoms with E-state index in [0.29, 0.717) is 34.1 Å². The van der Waals surface area contributed by atoms with Gasteiger partial charge in [-0.2, -0.15) is 5.10 Å². The molecule has 0 aliphatic heterocycles. The second-order valence-corrected chi connectivity index (χ2v) is 8.50. The molecule has 9 heteroatoms. The van der Waals surface area contributed by atoms with Crippen LogP contribution in [0.2, 0.25) is 10.0 Å². The molecular formula is C24H19BrCl2N2O4. The monoisotopic (exact) mass is 548 g/mol. The Bertz CT molecular complexity index is 1180. The van der Waals surface area contributed by atoms with E-state index in [1.54, 1.807) is 42.5 Å². The molecule has 0 aliphatic rings. The zero-order chi connectivity index (χ0) is 23.8. The molecule has 0 bridgehead atoms. The molecule has 1 amide bonds. The summed E-state index contributed by atoms with van der Waals surface area (Å²) in [6.07, 6.45) is 2.27. The Labute approximate surface area is 209 Å². The number of amides is 1. The second-order valence-electron chi connectivity index (χ2n) is 6.77. The van der Waals surface area contributed by atoms with Crippen molar-refractivity contribution in [3.63, 3.8) is 0 Å². The van der Waals surface area contributed by atoms with Crippen LogP contribution in [0.3, 0.4) is 0 Å². The molecule has 3 rings (SSSR count). The van der Waals surface area contributed by atoms with Crippen molar-refractivity contribution in [3.05, 3.63) is 91.9 Å². The summed E-state index contributed by atoms with van der Waals surface area (Å²) in [6, 6.07) is 16.3. The Balaban J connectivity index is 1.70. The molecular weight excluding hydrogens is 531 g/mol.